The average Bonchev–Trinajstić information content (AvgIpc) is 2.24. The Morgan fingerprint density at radius 1 is 1.18 bits per heavy atom. The van der Waals surface area contributed by atoms with Crippen LogP contribution in [0, 0.1) is 5.92 Å². The molecule has 0 unspecified atom stereocenters. The van der Waals surface area contributed by atoms with Gasteiger partial charge in [-0.05, 0) is 47.4 Å². The molecule has 1 N–H and O–H groups in total. The van der Waals surface area contributed by atoms with E-state index in [1.54, 1.807) is 0 Å². The Kier molecular flexibility index (Phi) is 3.16. The highest BCUT2D eigenvalue weighted by Gasteiger charge is 2.43. The minimum atomic E-state index is -0.672. The Hall–Kier alpha value is -0.340. The number of hydrogen-bond donors (Lipinski definition) is 1. The van der Waals surface area contributed by atoms with Crippen molar-refractivity contribution in [3.8, 4) is 0 Å². The molecule has 1 aliphatic carbocycles. The minimum absolute atomic E-state index is 0.164. The number of hydrogen-bond acceptors (Lipinski definition) is 1. The summed E-state index contributed by atoms with van der Waals surface area (Å²) in [5, 5.41) is 10.9. The van der Waals surface area contributed by atoms with Crippen LogP contribution in [0.2, 0.25) is 0 Å². The van der Waals surface area contributed by atoms with Gasteiger partial charge in [-0.3, -0.25) is 0 Å². The summed E-state index contributed by atoms with van der Waals surface area (Å²) in [6.45, 7) is 8.73. The standard InChI is InChI=1S/C15H21BrO/c1-10(2)15(17)8-7-14(3,4)12-6-5-11(16)9-13(12)15/h5-6,9-10,17H,7-8H2,1-4H3/t15-/m0/s1. The van der Waals surface area contributed by atoms with Gasteiger partial charge in [0.15, 0.2) is 0 Å². The molecule has 0 bridgehead atoms. The fraction of sp³-hybridized carbons (Fsp3) is 0.600. The van der Waals surface area contributed by atoms with Crippen LogP contribution in [-0.2, 0) is 11.0 Å². The fourth-order valence-corrected chi connectivity index (χ4v) is 3.20. The predicted molar refractivity (Wildman–Crippen MR) is 75.1 cm³/mol. The van der Waals surface area contributed by atoms with E-state index in [0.717, 1.165) is 22.9 Å². The highest BCUT2D eigenvalue weighted by Crippen LogP contribution is 2.48. The topological polar surface area (TPSA) is 20.2 Å². The second kappa shape index (κ2) is 4.10. The molecule has 0 spiro atoms. The molecule has 1 atom stereocenters. The second-order valence-electron chi connectivity index (χ2n) is 6.15. The van der Waals surface area contributed by atoms with Gasteiger partial charge in [0.1, 0.15) is 0 Å². The number of benzene rings is 1. The van der Waals surface area contributed by atoms with E-state index >= 15 is 0 Å². The molecule has 0 saturated carbocycles. The molecule has 0 amide bonds. The van der Waals surface area contributed by atoms with Gasteiger partial charge in [-0.1, -0.05) is 49.7 Å². The zero-order chi connectivity index (χ0) is 12.8. The number of fused-ring (bicyclic) bond motifs is 1. The van der Waals surface area contributed by atoms with E-state index in [9.17, 15) is 5.11 Å². The first-order chi connectivity index (χ1) is 7.77. The summed E-state index contributed by atoms with van der Waals surface area (Å²) in [4.78, 5) is 0. The SMILES string of the molecule is CC(C)[C@@]1(O)CCC(C)(C)c2ccc(Br)cc21. The third-order valence-electron chi connectivity index (χ3n) is 4.26. The summed E-state index contributed by atoms with van der Waals surface area (Å²) in [5.74, 6) is 0.242. The summed E-state index contributed by atoms with van der Waals surface area (Å²) >= 11 is 3.52. The molecule has 1 nitrogen and oxygen atoms in total. The Bertz CT molecular complexity index is 437. The molecule has 94 valence electrons. The molecule has 1 aromatic carbocycles. The first-order valence-electron chi connectivity index (χ1n) is 6.30. The Morgan fingerprint density at radius 3 is 2.41 bits per heavy atom. The average molecular weight is 297 g/mol. The van der Waals surface area contributed by atoms with Gasteiger partial charge in [-0.25, -0.2) is 0 Å². The molecule has 17 heavy (non-hydrogen) atoms. The van der Waals surface area contributed by atoms with Crippen molar-refractivity contribution in [2.24, 2.45) is 5.92 Å². The van der Waals surface area contributed by atoms with Crippen molar-refractivity contribution in [1.29, 1.82) is 0 Å². The van der Waals surface area contributed by atoms with Crippen molar-refractivity contribution >= 4 is 15.9 Å². The lowest BCUT2D eigenvalue weighted by atomic mass is 9.64. The van der Waals surface area contributed by atoms with Gasteiger partial charge in [-0.15, -0.1) is 0 Å². The largest absolute Gasteiger partial charge is 0.385 e. The lowest BCUT2D eigenvalue weighted by Crippen LogP contribution is -2.41. The molecule has 0 aromatic heterocycles. The van der Waals surface area contributed by atoms with E-state index in [2.05, 4.69) is 61.8 Å². The second-order valence-corrected chi connectivity index (χ2v) is 7.07. The van der Waals surface area contributed by atoms with E-state index in [1.807, 2.05) is 0 Å². The van der Waals surface area contributed by atoms with Crippen molar-refractivity contribution in [2.75, 3.05) is 0 Å². The van der Waals surface area contributed by atoms with Gasteiger partial charge >= 0.3 is 0 Å². The molecule has 1 aromatic rings. The van der Waals surface area contributed by atoms with Gasteiger partial charge in [-0.2, -0.15) is 0 Å². The molecule has 2 heteroatoms. The van der Waals surface area contributed by atoms with Gasteiger partial charge in [0.25, 0.3) is 0 Å². The smallest absolute Gasteiger partial charge is 0.0922 e. The minimum Gasteiger partial charge on any atom is -0.385 e. The van der Waals surface area contributed by atoms with E-state index in [4.69, 9.17) is 0 Å². The first kappa shape index (κ1) is 13.1. The summed E-state index contributed by atoms with van der Waals surface area (Å²) in [7, 11) is 0. The molecule has 0 fully saturated rings. The maximum atomic E-state index is 10.9. The van der Waals surface area contributed by atoms with Gasteiger partial charge in [0.05, 0.1) is 5.60 Å². The third kappa shape index (κ3) is 2.06. The van der Waals surface area contributed by atoms with Crippen LogP contribution in [0.25, 0.3) is 0 Å². The first-order valence-corrected chi connectivity index (χ1v) is 7.09. The van der Waals surface area contributed by atoms with Crippen molar-refractivity contribution < 1.29 is 5.11 Å². The molecule has 0 heterocycles. The summed E-state index contributed by atoms with van der Waals surface area (Å²) in [6.07, 6.45) is 1.89. The fourth-order valence-electron chi connectivity index (χ4n) is 2.84. The van der Waals surface area contributed by atoms with Crippen LogP contribution in [0.4, 0.5) is 0 Å². The molecule has 0 saturated heterocycles. The quantitative estimate of drug-likeness (QED) is 0.816. The lowest BCUT2D eigenvalue weighted by molar-refractivity contribution is -0.0342. The highest BCUT2D eigenvalue weighted by atomic mass is 79.9. The van der Waals surface area contributed by atoms with Crippen molar-refractivity contribution in [2.45, 2.75) is 51.6 Å². The van der Waals surface area contributed by atoms with Crippen LogP contribution >= 0.6 is 15.9 Å². The predicted octanol–water partition coefficient (Wildman–Crippen LogP) is 4.36. The Morgan fingerprint density at radius 2 is 1.82 bits per heavy atom. The van der Waals surface area contributed by atoms with Crippen molar-refractivity contribution in [3.63, 3.8) is 0 Å². The summed E-state index contributed by atoms with van der Waals surface area (Å²) < 4.78 is 1.05. The molecule has 1 aliphatic rings. The van der Waals surface area contributed by atoms with Crippen LogP contribution in [0.5, 0.6) is 0 Å². The maximum Gasteiger partial charge on any atom is 0.0922 e. The maximum absolute atomic E-state index is 10.9. The van der Waals surface area contributed by atoms with Crippen molar-refractivity contribution in [3.05, 3.63) is 33.8 Å². The number of aliphatic hydroxyl groups is 1. The Labute approximate surface area is 112 Å². The van der Waals surface area contributed by atoms with Crippen LogP contribution in [0.3, 0.4) is 0 Å². The molecule has 0 aliphatic heterocycles. The molecular formula is C15H21BrO. The van der Waals surface area contributed by atoms with E-state index in [1.165, 1.54) is 5.56 Å². The molecule has 0 radical (unpaired) electrons. The van der Waals surface area contributed by atoms with Gasteiger partial charge in [0, 0.05) is 4.47 Å². The number of rotatable bonds is 1. The number of halogens is 1. The monoisotopic (exact) mass is 296 g/mol. The normalized spacial score (nSPS) is 27.0. The molecular weight excluding hydrogens is 276 g/mol. The van der Waals surface area contributed by atoms with Gasteiger partial charge in [0.2, 0.25) is 0 Å². The zero-order valence-corrected chi connectivity index (χ0v) is 12.6. The van der Waals surface area contributed by atoms with Crippen LogP contribution < -0.4 is 0 Å². The van der Waals surface area contributed by atoms with Crippen molar-refractivity contribution in [1.82, 2.24) is 0 Å². The summed E-state index contributed by atoms with van der Waals surface area (Å²) in [6, 6.07) is 6.33. The third-order valence-corrected chi connectivity index (χ3v) is 4.76. The van der Waals surface area contributed by atoms with Crippen LogP contribution in [-0.4, -0.2) is 5.11 Å². The lowest BCUT2D eigenvalue weighted by Gasteiger charge is -2.44. The van der Waals surface area contributed by atoms with E-state index in [-0.39, 0.29) is 11.3 Å². The highest BCUT2D eigenvalue weighted by molar-refractivity contribution is 9.10. The van der Waals surface area contributed by atoms with E-state index in [0.29, 0.717) is 0 Å². The van der Waals surface area contributed by atoms with Crippen LogP contribution in [0.15, 0.2) is 22.7 Å². The summed E-state index contributed by atoms with van der Waals surface area (Å²) in [5.41, 5.74) is 1.90. The molecule has 2 rings (SSSR count). The zero-order valence-electron chi connectivity index (χ0n) is 11.0. The van der Waals surface area contributed by atoms with Crippen LogP contribution in [0.1, 0.15) is 51.7 Å². The Balaban J connectivity index is 2.65. The van der Waals surface area contributed by atoms with Gasteiger partial charge < -0.3 is 5.11 Å². The van der Waals surface area contributed by atoms with E-state index < -0.39 is 5.60 Å².